The summed E-state index contributed by atoms with van der Waals surface area (Å²) in [5, 5.41) is 3.51. The third-order valence-electron chi connectivity index (χ3n) is 3.24. The molecule has 0 fully saturated rings. The number of aryl methyl sites for hydroxylation is 1. The standard InChI is InChI=1S/C16H27N/c1-3-4-5-6-7-8-11-14-17-16-13-10-9-12-15(16)2/h9-10,12-13,17H,3-8,11,14H2,1-2H3. The van der Waals surface area contributed by atoms with Crippen molar-refractivity contribution >= 4 is 5.69 Å². The third kappa shape index (κ3) is 6.35. The highest BCUT2D eigenvalue weighted by Gasteiger charge is 1.95. The maximum absolute atomic E-state index is 3.51. The molecule has 0 unspecified atom stereocenters. The molecule has 96 valence electrons. The Bertz CT molecular complexity index is 293. The summed E-state index contributed by atoms with van der Waals surface area (Å²) < 4.78 is 0. The van der Waals surface area contributed by atoms with Crippen LogP contribution in [0.3, 0.4) is 0 Å². The minimum atomic E-state index is 1.11. The summed E-state index contributed by atoms with van der Waals surface area (Å²) in [6.07, 6.45) is 9.63. The minimum absolute atomic E-state index is 1.11. The summed E-state index contributed by atoms with van der Waals surface area (Å²) in [5.41, 5.74) is 2.63. The quantitative estimate of drug-likeness (QED) is 0.581. The lowest BCUT2D eigenvalue weighted by Gasteiger charge is -2.08. The van der Waals surface area contributed by atoms with Gasteiger partial charge in [0.2, 0.25) is 0 Å². The van der Waals surface area contributed by atoms with Crippen molar-refractivity contribution in [1.82, 2.24) is 0 Å². The maximum Gasteiger partial charge on any atom is 0.0369 e. The molecule has 1 heteroatoms. The van der Waals surface area contributed by atoms with Crippen LogP contribution in [0.1, 0.15) is 57.4 Å². The molecule has 0 aromatic heterocycles. The van der Waals surface area contributed by atoms with Gasteiger partial charge in [-0.25, -0.2) is 0 Å². The third-order valence-corrected chi connectivity index (χ3v) is 3.24. The maximum atomic E-state index is 3.51. The van der Waals surface area contributed by atoms with E-state index in [-0.39, 0.29) is 0 Å². The molecule has 1 N–H and O–H groups in total. The van der Waals surface area contributed by atoms with Crippen LogP contribution in [0.5, 0.6) is 0 Å². The Kier molecular flexibility index (Phi) is 7.53. The van der Waals surface area contributed by atoms with Crippen LogP contribution in [0.25, 0.3) is 0 Å². The molecule has 0 aliphatic rings. The monoisotopic (exact) mass is 233 g/mol. The van der Waals surface area contributed by atoms with Gasteiger partial charge in [0.25, 0.3) is 0 Å². The number of benzene rings is 1. The first kappa shape index (κ1) is 14.1. The minimum Gasteiger partial charge on any atom is -0.385 e. The molecular formula is C16H27N. The molecule has 17 heavy (non-hydrogen) atoms. The summed E-state index contributed by atoms with van der Waals surface area (Å²) in [4.78, 5) is 0. The van der Waals surface area contributed by atoms with Crippen LogP contribution in [0.15, 0.2) is 24.3 Å². The van der Waals surface area contributed by atoms with E-state index in [2.05, 4.69) is 43.4 Å². The summed E-state index contributed by atoms with van der Waals surface area (Å²) in [6.45, 7) is 5.54. The summed E-state index contributed by atoms with van der Waals surface area (Å²) in [6, 6.07) is 8.51. The Morgan fingerprint density at radius 3 is 2.24 bits per heavy atom. The molecule has 0 bridgehead atoms. The van der Waals surface area contributed by atoms with Crippen molar-refractivity contribution in [3.8, 4) is 0 Å². The summed E-state index contributed by atoms with van der Waals surface area (Å²) in [5.74, 6) is 0. The zero-order valence-corrected chi connectivity index (χ0v) is 11.5. The van der Waals surface area contributed by atoms with E-state index < -0.39 is 0 Å². The van der Waals surface area contributed by atoms with Crippen LogP contribution in [0.2, 0.25) is 0 Å². The molecule has 0 aliphatic carbocycles. The number of anilines is 1. The highest BCUT2D eigenvalue weighted by Crippen LogP contribution is 2.13. The van der Waals surface area contributed by atoms with Crippen molar-refractivity contribution in [3.63, 3.8) is 0 Å². The normalized spacial score (nSPS) is 10.5. The van der Waals surface area contributed by atoms with Gasteiger partial charge in [0.05, 0.1) is 0 Å². The molecule has 0 saturated heterocycles. The van der Waals surface area contributed by atoms with Crippen molar-refractivity contribution in [2.45, 2.75) is 58.8 Å². The van der Waals surface area contributed by atoms with Crippen LogP contribution < -0.4 is 5.32 Å². The molecular weight excluding hydrogens is 206 g/mol. The van der Waals surface area contributed by atoms with E-state index in [9.17, 15) is 0 Å². The molecule has 0 amide bonds. The van der Waals surface area contributed by atoms with Gasteiger partial charge in [-0.05, 0) is 25.0 Å². The van der Waals surface area contributed by atoms with E-state index in [0.29, 0.717) is 0 Å². The molecule has 0 atom stereocenters. The van der Waals surface area contributed by atoms with Crippen molar-refractivity contribution in [2.24, 2.45) is 0 Å². The highest BCUT2D eigenvalue weighted by molar-refractivity contribution is 5.49. The topological polar surface area (TPSA) is 12.0 Å². The Hall–Kier alpha value is -0.980. The largest absolute Gasteiger partial charge is 0.385 e. The lowest BCUT2D eigenvalue weighted by atomic mass is 10.1. The summed E-state index contributed by atoms with van der Waals surface area (Å²) >= 11 is 0. The van der Waals surface area contributed by atoms with Crippen LogP contribution in [-0.4, -0.2) is 6.54 Å². The van der Waals surface area contributed by atoms with E-state index in [4.69, 9.17) is 0 Å². The fourth-order valence-electron chi connectivity index (χ4n) is 2.08. The van der Waals surface area contributed by atoms with E-state index >= 15 is 0 Å². The first-order valence-electron chi connectivity index (χ1n) is 7.14. The Morgan fingerprint density at radius 1 is 0.882 bits per heavy atom. The van der Waals surface area contributed by atoms with Crippen LogP contribution >= 0.6 is 0 Å². The van der Waals surface area contributed by atoms with Crippen molar-refractivity contribution in [1.29, 1.82) is 0 Å². The zero-order valence-electron chi connectivity index (χ0n) is 11.5. The second-order valence-electron chi connectivity index (χ2n) is 4.86. The van der Waals surface area contributed by atoms with E-state index in [1.807, 2.05) is 0 Å². The molecule has 0 heterocycles. The van der Waals surface area contributed by atoms with Gasteiger partial charge >= 0.3 is 0 Å². The summed E-state index contributed by atoms with van der Waals surface area (Å²) in [7, 11) is 0. The predicted molar refractivity (Wildman–Crippen MR) is 77.7 cm³/mol. The molecule has 1 aromatic carbocycles. The first-order valence-corrected chi connectivity index (χ1v) is 7.14. The van der Waals surface area contributed by atoms with E-state index in [0.717, 1.165) is 6.54 Å². The van der Waals surface area contributed by atoms with Gasteiger partial charge in [0.15, 0.2) is 0 Å². The Labute approximate surface area is 107 Å². The smallest absolute Gasteiger partial charge is 0.0369 e. The number of rotatable bonds is 9. The average molecular weight is 233 g/mol. The van der Waals surface area contributed by atoms with Crippen molar-refractivity contribution in [3.05, 3.63) is 29.8 Å². The molecule has 0 radical (unpaired) electrons. The number of hydrogen-bond acceptors (Lipinski definition) is 1. The van der Waals surface area contributed by atoms with Gasteiger partial charge in [-0.2, -0.15) is 0 Å². The highest BCUT2D eigenvalue weighted by atomic mass is 14.9. The van der Waals surface area contributed by atoms with Gasteiger partial charge in [0.1, 0.15) is 0 Å². The van der Waals surface area contributed by atoms with Gasteiger partial charge in [-0.1, -0.05) is 63.6 Å². The SMILES string of the molecule is CCCCCCCCCNc1ccccc1C. The molecule has 0 aliphatic heterocycles. The van der Waals surface area contributed by atoms with Gasteiger partial charge in [0, 0.05) is 12.2 Å². The fourth-order valence-corrected chi connectivity index (χ4v) is 2.08. The number of hydrogen-bond donors (Lipinski definition) is 1. The van der Waals surface area contributed by atoms with Gasteiger partial charge in [-0.15, -0.1) is 0 Å². The number of para-hydroxylation sites is 1. The molecule has 1 rings (SSSR count). The molecule has 0 saturated carbocycles. The molecule has 1 nitrogen and oxygen atoms in total. The van der Waals surface area contributed by atoms with Gasteiger partial charge < -0.3 is 5.32 Å². The van der Waals surface area contributed by atoms with Crippen LogP contribution in [-0.2, 0) is 0 Å². The van der Waals surface area contributed by atoms with Crippen LogP contribution in [0, 0.1) is 6.92 Å². The second-order valence-corrected chi connectivity index (χ2v) is 4.86. The lowest BCUT2D eigenvalue weighted by molar-refractivity contribution is 0.596. The van der Waals surface area contributed by atoms with Crippen LogP contribution in [0.4, 0.5) is 5.69 Å². The van der Waals surface area contributed by atoms with E-state index in [1.165, 1.54) is 56.2 Å². The molecule has 1 aromatic rings. The number of nitrogens with one attached hydrogen (secondary N) is 1. The lowest BCUT2D eigenvalue weighted by Crippen LogP contribution is -2.02. The van der Waals surface area contributed by atoms with Gasteiger partial charge in [-0.3, -0.25) is 0 Å². The Balaban J connectivity index is 1.99. The molecule has 0 spiro atoms. The number of unbranched alkanes of at least 4 members (excludes halogenated alkanes) is 6. The van der Waals surface area contributed by atoms with E-state index in [1.54, 1.807) is 0 Å². The average Bonchev–Trinajstić information content (AvgIpc) is 2.35. The van der Waals surface area contributed by atoms with Crippen molar-refractivity contribution < 1.29 is 0 Å². The first-order chi connectivity index (χ1) is 8.34. The zero-order chi connectivity index (χ0) is 12.3. The second kappa shape index (κ2) is 9.09. The van der Waals surface area contributed by atoms with Crippen molar-refractivity contribution in [2.75, 3.05) is 11.9 Å². The Morgan fingerprint density at radius 2 is 1.53 bits per heavy atom. The predicted octanol–water partition coefficient (Wildman–Crippen LogP) is 5.16. The fraction of sp³-hybridized carbons (Fsp3) is 0.625.